The predicted octanol–water partition coefficient (Wildman–Crippen LogP) is 3.82. The number of carbonyl (C=O) groups excluding carboxylic acids is 1. The first-order valence-electron chi connectivity index (χ1n) is 9.17. The molecule has 1 saturated heterocycles. The molecule has 0 radical (unpaired) electrons. The first kappa shape index (κ1) is 18.0. The second kappa shape index (κ2) is 6.64. The van der Waals surface area contributed by atoms with E-state index in [9.17, 15) is 4.79 Å². The lowest BCUT2D eigenvalue weighted by Crippen LogP contribution is -2.25. The number of thiazole rings is 1. The number of hydrogen-bond acceptors (Lipinski definition) is 5. The van der Waals surface area contributed by atoms with Crippen LogP contribution in [-0.4, -0.2) is 33.3 Å². The van der Waals surface area contributed by atoms with Gasteiger partial charge in [0.25, 0.3) is 0 Å². The van der Waals surface area contributed by atoms with E-state index in [0.29, 0.717) is 13.0 Å². The summed E-state index contributed by atoms with van der Waals surface area (Å²) in [6.45, 7) is 9.08. The van der Waals surface area contributed by atoms with Crippen LogP contribution in [0.4, 0.5) is 0 Å². The molecule has 3 aromatic rings. The number of carbonyl (C=O) groups is 1. The molecule has 1 aliphatic heterocycles. The average molecular weight is 385 g/mol. The number of aromatic nitrogens is 3. The molecule has 3 heterocycles. The second-order valence-electron chi connectivity index (χ2n) is 8.11. The van der Waals surface area contributed by atoms with Gasteiger partial charge in [-0.25, -0.2) is 4.98 Å². The van der Waals surface area contributed by atoms with E-state index in [-0.39, 0.29) is 23.5 Å². The van der Waals surface area contributed by atoms with Crippen molar-refractivity contribution in [3.8, 4) is 16.9 Å². The van der Waals surface area contributed by atoms with E-state index in [1.807, 2.05) is 23.3 Å². The number of fused-ring (bicyclic) bond motifs is 1. The maximum atomic E-state index is 11.5. The predicted molar refractivity (Wildman–Crippen MR) is 107 cm³/mol. The average Bonchev–Trinajstić information content (AvgIpc) is 3.33. The maximum Gasteiger partial charge on any atom is 0.220 e. The normalized spacial score (nSPS) is 18.7. The molecule has 1 amide bonds. The molecule has 1 fully saturated rings. The highest BCUT2D eigenvalue weighted by Crippen LogP contribution is 2.36. The van der Waals surface area contributed by atoms with Crippen molar-refractivity contribution in [2.45, 2.75) is 45.8 Å². The summed E-state index contributed by atoms with van der Waals surface area (Å²) in [5.41, 5.74) is 4.76. The molecule has 0 bridgehead atoms. The molecule has 0 aliphatic carbocycles. The Morgan fingerprint density at radius 2 is 2.15 bits per heavy atom. The quantitative estimate of drug-likeness (QED) is 0.742. The van der Waals surface area contributed by atoms with Crippen LogP contribution in [0.15, 0.2) is 30.0 Å². The summed E-state index contributed by atoms with van der Waals surface area (Å²) >= 11 is 1.57. The van der Waals surface area contributed by atoms with Gasteiger partial charge in [0.05, 0.1) is 27.5 Å². The maximum absolute atomic E-state index is 11.5. The molecule has 2 aromatic heterocycles. The van der Waals surface area contributed by atoms with Gasteiger partial charge < -0.3 is 10.1 Å². The molecule has 7 heteroatoms. The monoisotopic (exact) mass is 384 g/mol. The number of benzene rings is 1. The fourth-order valence-electron chi connectivity index (χ4n) is 3.29. The molecular weight excluding hydrogens is 360 g/mol. The molecule has 27 heavy (non-hydrogen) atoms. The van der Waals surface area contributed by atoms with E-state index in [2.05, 4.69) is 54.5 Å². The minimum atomic E-state index is -0.0706. The van der Waals surface area contributed by atoms with Crippen LogP contribution in [-0.2, 0) is 10.3 Å². The fourth-order valence-corrected chi connectivity index (χ4v) is 4.01. The summed E-state index contributed by atoms with van der Waals surface area (Å²) in [6.07, 6.45) is 4.40. The molecule has 1 N–H and O–H groups in total. The van der Waals surface area contributed by atoms with E-state index < -0.39 is 0 Å². The van der Waals surface area contributed by atoms with Crippen molar-refractivity contribution in [3.63, 3.8) is 0 Å². The summed E-state index contributed by atoms with van der Waals surface area (Å²) in [6, 6.07) is 4.14. The zero-order valence-electron chi connectivity index (χ0n) is 16.0. The van der Waals surface area contributed by atoms with Crippen molar-refractivity contribution in [2.75, 3.05) is 6.54 Å². The second-order valence-corrected chi connectivity index (χ2v) is 8.97. The third kappa shape index (κ3) is 3.56. The Kier molecular flexibility index (Phi) is 4.42. The van der Waals surface area contributed by atoms with E-state index in [1.165, 1.54) is 0 Å². The van der Waals surface area contributed by atoms with Crippen LogP contribution in [0.25, 0.3) is 21.3 Å². The number of ether oxygens (including phenoxy) is 1. The van der Waals surface area contributed by atoms with Gasteiger partial charge >= 0.3 is 0 Å². The Labute approximate surface area is 162 Å². The molecule has 1 unspecified atom stereocenters. The van der Waals surface area contributed by atoms with Crippen LogP contribution in [0.5, 0.6) is 5.75 Å². The highest BCUT2D eigenvalue weighted by molar-refractivity contribution is 7.17. The number of rotatable bonds is 4. The molecule has 1 aliphatic rings. The van der Waals surface area contributed by atoms with Gasteiger partial charge in [-0.3, -0.25) is 9.48 Å². The van der Waals surface area contributed by atoms with E-state index in [0.717, 1.165) is 27.1 Å². The highest BCUT2D eigenvalue weighted by Gasteiger charge is 2.28. The Morgan fingerprint density at radius 1 is 1.33 bits per heavy atom. The number of amides is 1. The van der Waals surface area contributed by atoms with Gasteiger partial charge in [-0.05, 0) is 45.4 Å². The first-order valence-corrected chi connectivity index (χ1v) is 10.1. The lowest BCUT2D eigenvalue weighted by atomic mass is 10.0. The van der Waals surface area contributed by atoms with Crippen molar-refractivity contribution in [1.29, 1.82) is 0 Å². The van der Waals surface area contributed by atoms with Gasteiger partial charge in [-0.1, -0.05) is 0 Å². The number of nitrogens with one attached hydrogen (secondary N) is 1. The summed E-state index contributed by atoms with van der Waals surface area (Å²) in [5, 5.41) is 7.39. The van der Waals surface area contributed by atoms with Crippen LogP contribution in [0.2, 0.25) is 0 Å². The zero-order valence-corrected chi connectivity index (χ0v) is 16.8. The third-order valence-electron chi connectivity index (χ3n) is 4.99. The molecule has 0 spiro atoms. The molecule has 1 aromatic carbocycles. The highest BCUT2D eigenvalue weighted by atomic mass is 32.1. The van der Waals surface area contributed by atoms with Crippen LogP contribution in [0.3, 0.4) is 0 Å². The fraction of sp³-hybridized carbons (Fsp3) is 0.450. The van der Waals surface area contributed by atoms with Gasteiger partial charge in [-0.15, -0.1) is 11.3 Å². The minimum Gasteiger partial charge on any atom is -0.489 e. The van der Waals surface area contributed by atoms with Gasteiger partial charge in [0.2, 0.25) is 5.91 Å². The number of nitrogens with zero attached hydrogens (tertiary/aromatic N) is 3. The molecule has 0 saturated carbocycles. The molecule has 4 rings (SSSR count). The summed E-state index contributed by atoms with van der Waals surface area (Å²) in [4.78, 5) is 16.0. The van der Waals surface area contributed by atoms with E-state index in [4.69, 9.17) is 4.74 Å². The Morgan fingerprint density at radius 3 is 2.81 bits per heavy atom. The number of hydrogen-bond donors (Lipinski definition) is 1. The lowest BCUT2D eigenvalue weighted by Gasteiger charge is -2.20. The Balaban J connectivity index is 1.67. The van der Waals surface area contributed by atoms with Crippen molar-refractivity contribution in [3.05, 3.63) is 30.0 Å². The minimum absolute atomic E-state index is 0.0539. The van der Waals surface area contributed by atoms with Gasteiger partial charge in [0, 0.05) is 30.6 Å². The Bertz CT molecular complexity index is 985. The van der Waals surface area contributed by atoms with Crippen molar-refractivity contribution in [2.24, 2.45) is 5.92 Å². The van der Waals surface area contributed by atoms with Gasteiger partial charge in [0.15, 0.2) is 0 Å². The SMILES string of the molecule is C[C@@H](Oc1cc(-c2cnn(C(C)(C)C)c2)cc2ncsc12)C1CNC(=O)C1. The van der Waals surface area contributed by atoms with E-state index in [1.54, 1.807) is 11.3 Å². The first-order chi connectivity index (χ1) is 12.8. The summed E-state index contributed by atoms with van der Waals surface area (Å²) < 4.78 is 9.30. The molecule has 142 valence electrons. The van der Waals surface area contributed by atoms with Crippen LogP contribution >= 0.6 is 11.3 Å². The standard InChI is InChI=1S/C20H24N4O2S/c1-12(14-7-18(25)21-8-14)26-17-6-13(5-16-19(17)27-11-22-16)15-9-23-24(10-15)20(2,3)4/h5-6,9-12,14H,7-8H2,1-4H3,(H,21,25)/t12-,14?/m1/s1. The molecular formula is C20H24N4O2S. The lowest BCUT2D eigenvalue weighted by molar-refractivity contribution is -0.119. The van der Waals surface area contributed by atoms with Gasteiger partial charge in [-0.2, -0.15) is 5.10 Å². The molecule has 6 nitrogen and oxygen atoms in total. The zero-order chi connectivity index (χ0) is 19.2. The summed E-state index contributed by atoms with van der Waals surface area (Å²) in [5.74, 6) is 1.11. The van der Waals surface area contributed by atoms with Crippen molar-refractivity contribution < 1.29 is 9.53 Å². The summed E-state index contributed by atoms with van der Waals surface area (Å²) in [7, 11) is 0. The Hall–Kier alpha value is -2.41. The van der Waals surface area contributed by atoms with Gasteiger partial charge in [0.1, 0.15) is 11.9 Å². The third-order valence-corrected chi connectivity index (χ3v) is 5.84. The van der Waals surface area contributed by atoms with Crippen molar-refractivity contribution >= 4 is 27.5 Å². The largest absolute Gasteiger partial charge is 0.489 e. The van der Waals surface area contributed by atoms with Crippen molar-refractivity contribution in [1.82, 2.24) is 20.1 Å². The van der Waals surface area contributed by atoms with Crippen LogP contribution in [0, 0.1) is 5.92 Å². The van der Waals surface area contributed by atoms with E-state index >= 15 is 0 Å². The molecule has 2 atom stereocenters. The topological polar surface area (TPSA) is 69.0 Å². The van der Waals surface area contributed by atoms with Crippen LogP contribution in [0.1, 0.15) is 34.1 Å². The van der Waals surface area contributed by atoms with Crippen LogP contribution < -0.4 is 10.1 Å². The smallest absolute Gasteiger partial charge is 0.220 e.